The number of para-hydroxylation sites is 2. The topological polar surface area (TPSA) is 85.0 Å². The largest absolute Gasteiger partial charge is 0.493 e. The number of aromatic nitrogens is 4. The first-order chi connectivity index (χ1) is 15.2. The maximum Gasteiger partial charge on any atom is 0.162 e. The predicted molar refractivity (Wildman–Crippen MR) is 122 cm³/mol. The molecular weight excluding hydrogens is 414 g/mol. The van der Waals surface area contributed by atoms with Crippen molar-refractivity contribution in [3.8, 4) is 22.9 Å². The Hall–Kier alpha value is -3.84. The van der Waals surface area contributed by atoms with E-state index in [-0.39, 0.29) is 0 Å². The van der Waals surface area contributed by atoms with Gasteiger partial charge < -0.3 is 19.8 Å². The Kier molecular flexibility index (Phi) is 4.80. The number of hydrogen-bond acceptors (Lipinski definition) is 6. The number of methoxy groups -OCH3 is 2. The number of fused-ring (bicyclic) bond motifs is 2. The summed E-state index contributed by atoms with van der Waals surface area (Å²) in [6.45, 7) is 0. The third-order valence-electron chi connectivity index (χ3n) is 5.01. The third-order valence-corrected chi connectivity index (χ3v) is 5.34. The van der Waals surface area contributed by atoms with E-state index in [1.165, 1.54) is 6.33 Å². The number of hydrogen-bond donors (Lipinski definition) is 2. The van der Waals surface area contributed by atoms with Crippen LogP contribution in [0, 0.1) is 0 Å². The number of ether oxygens (including phenoxy) is 2. The van der Waals surface area contributed by atoms with Gasteiger partial charge in [-0.25, -0.2) is 15.0 Å². The number of rotatable bonds is 5. The Morgan fingerprint density at radius 2 is 1.71 bits per heavy atom. The van der Waals surface area contributed by atoms with Gasteiger partial charge in [-0.2, -0.15) is 0 Å². The van der Waals surface area contributed by atoms with E-state index >= 15 is 0 Å². The molecule has 154 valence electrons. The third kappa shape index (κ3) is 3.49. The van der Waals surface area contributed by atoms with Crippen LogP contribution in [0.1, 0.15) is 0 Å². The molecule has 0 aliphatic heterocycles. The van der Waals surface area contributed by atoms with Crippen LogP contribution in [0.2, 0.25) is 5.02 Å². The molecule has 0 spiro atoms. The maximum atomic E-state index is 6.49. The van der Waals surface area contributed by atoms with Crippen LogP contribution in [-0.4, -0.2) is 34.2 Å². The first kappa shape index (κ1) is 19.1. The molecule has 2 N–H and O–H groups in total. The van der Waals surface area contributed by atoms with Gasteiger partial charge >= 0.3 is 0 Å². The second kappa shape index (κ2) is 7.77. The van der Waals surface area contributed by atoms with Crippen LogP contribution in [0.4, 0.5) is 11.5 Å². The van der Waals surface area contributed by atoms with Crippen molar-refractivity contribution in [3.63, 3.8) is 0 Å². The van der Waals surface area contributed by atoms with E-state index in [0.717, 1.165) is 33.2 Å². The Balaban J connectivity index is 1.56. The molecule has 0 bridgehead atoms. The summed E-state index contributed by atoms with van der Waals surface area (Å²) >= 11 is 6.49. The average Bonchev–Trinajstić information content (AvgIpc) is 3.23. The molecule has 7 nitrogen and oxygen atoms in total. The summed E-state index contributed by atoms with van der Waals surface area (Å²) < 4.78 is 10.8. The van der Waals surface area contributed by atoms with Crippen molar-refractivity contribution >= 4 is 45.0 Å². The number of nitrogens with one attached hydrogen (secondary N) is 2. The van der Waals surface area contributed by atoms with Gasteiger partial charge in [0.25, 0.3) is 0 Å². The molecule has 0 saturated carbocycles. The van der Waals surface area contributed by atoms with Crippen LogP contribution >= 0.6 is 11.6 Å². The lowest BCUT2D eigenvalue weighted by Gasteiger charge is -2.13. The van der Waals surface area contributed by atoms with Gasteiger partial charge in [-0.3, -0.25) is 0 Å². The molecule has 0 atom stereocenters. The summed E-state index contributed by atoms with van der Waals surface area (Å²) in [6.07, 6.45) is 1.51. The van der Waals surface area contributed by atoms with Crippen molar-refractivity contribution in [2.24, 2.45) is 0 Å². The highest BCUT2D eigenvalue weighted by Gasteiger charge is 2.13. The Bertz CT molecular complexity index is 1380. The number of nitrogens with zero attached hydrogens (tertiary/aromatic N) is 3. The van der Waals surface area contributed by atoms with Gasteiger partial charge in [0.15, 0.2) is 11.5 Å². The lowest BCUT2D eigenvalue weighted by molar-refractivity contribution is 0.356. The monoisotopic (exact) mass is 431 g/mol. The number of H-pyrrole nitrogens is 1. The van der Waals surface area contributed by atoms with Crippen molar-refractivity contribution in [3.05, 3.63) is 65.9 Å². The average molecular weight is 432 g/mol. The number of benzene rings is 3. The van der Waals surface area contributed by atoms with E-state index in [9.17, 15) is 0 Å². The van der Waals surface area contributed by atoms with Gasteiger partial charge in [-0.1, -0.05) is 23.7 Å². The van der Waals surface area contributed by atoms with E-state index in [0.29, 0.717) is 28.2 Å². The highest BCUT2D eigenvalue weighted by Crippen LogP contribution is 2.36. The molecule has 5 aromatic rings. The highest BCUT2D eigenvalue weighted by atomic mass is 35.5. The molecule has 0 fully saturated rings. The molecule has 2 heterocycles. The van der Waals surface area contributed by atoms with E-state index in [1.807, 2.05) is 54.6 Å². The molecule has 31 heavy (non-hydrogen) atoms. The van der Waals surface area contributed by atoms with Crippen LogP contribution in [0.5, 0.6) is 11.5 Å². The normalized spacial score (nSPS) is 11.1. The smallest absolute Gasteiger partial charge is 0.162 e. The van der Waals surface area contributed by atoms with E-state index < -0.39 is 0 Å². The molecule has 8 heteroatoms. The fourth-order valence-corrected chi connectivity index (χ4v) is 3.69. The second-order valence-electron chi connectivity index (χ2n) is 6.87. The first-order valence-electron chi connectivity index (χ1n) is 9.54. The van der Waals surface area contributed by atoms with Crippen LogP contribution in [0.25, 0.3) is 33.3 Å². The second-order valence-corrected chi connectivity index (χ2v) is 7.28. The van der Waals surface area contributed by atoms with Crippen molar-refractivity contribution < 1.29 is 9.47 Å². The lowest BCUT2D eigenvalue weighted by atomic mass is 10.1. The summed E-state index contributed by atoms with van der Waals surface area (Å²) in [5, 5.41) is 4.77. The predicted octanol–water partition coefficient (Wildman–Crippen LogP) is 5.59. The molecular formula is C23H18ClN5O2. The molecule has 3 aromatic carbocycles. The number of anilines is 2. The van der Waals surface area contributed by atoms with Gasteiger partial charge in [0.2, 0.25) is 0 Å². The Morgan fingerprint density at radius 1 is 0.903 bits per heavy atom. The number of halogens is 1. The zero-order valence-corrected chi connectivity index (χ0v) is 17.6. The summed E-state index contributed by atoms with van der Waals surface area (Å²) in [7, 11) is 3.19. The molecule has 0 amide bonds. The quantitative estimate of drug-likeness (QED) is 0.377. The lowest BCUT2D eigenvalue weighted by Crippen LogP contribution is -1.98. The Labute approximate surface area is 183 Å². The summed E-state index contributed by atoms with van der Waals surface area (Å²) in [5.74, 6) is 2.56. The van der Waals surface area contributed by atoms with Gasteiger partial charge in [-0.15, -0.1) is 0 Å². The minimum absolute atomic E-state index is 0.601. The SMILES string of the molecule is COc1cc2ncnc(Nc3ccc(Cl)c(-c4nc5ccccc5[nH]4)c3)c2cc1OC. The van der Waals surface area contributed by atoms with E-state index in [2.05, 4.69) is 25.3 Å². The fraction of sp³-hybridized carbons (Fsp3) is 0.0870. The molecule has 5 rings (SSSR count). The van der Waals surface area contributed by atoms with Crippen molar-refractivity contribution in [1.29, 1.82) is 0 Å². The van der Waals surface area contributed by atoms with Crippen molar-refractivity contribution in [1.82, 2.24) is 19.9 Å². The van der Waals surface area contributed by atoms with Gasteiger partial charge in [0.1, 0.15) is 18.0 Å². The highest BCUT2D eigenvalue weighted by molar-refractivity contribution is 6.33. The zero-order valence-electron chi connectivity index (χ0n) is 16.8. The van der Waals surface area contributed by atoms with Crippen LogP contribution in [-0.2, 0) is 0 Å². The van der Waals surface area contributed by atoms with Gasteiger partial charge in [0, 0.05) is 22.7 Å². The van der Waals surface area contributed by atoms with Crippen LogP contribution in [0.15, 0.2) is 60.9 Å². The number of aromatic amines is 1. The molecule has 2 aromatic heterocycles. The van der Waals surface area contributed by atoms with Crippen molar-refractivity contribution in [2.45, 2.75) is 0 Å². The van der Waals surface area contributed by atoms with E-state index in [1.54, 1.807) is 14.2 Å². The molecule has 0 unspecified atom stereocenters. The number of imidazole rings is 1. The minimum atomic E-state index is 0.601. The minimum Gasteiger partial charge on any atom is -0.493 e. The summed E-state index contributed by atoms with van der Waals surface area (Å²) in [6, 6.07) is 17.2. The standard InChI is InChI=1S/C23H18ClN5O2/c1-30-20-10-15-19(11-21(20)31-2)25-12-26-22(15)27-13-7-8-16(24)14(9-13)23-28-17-5-3-4-6-18(17)29-23/h3-12H,1-2H3,(H,28,29)(H,25,26,27). The Morgan fingerprint density at radius 3 is 2.52 bits per heavy atom. The van der Waals surface area contributed by atoms with E-state index in [4.69, 9.17) is 21.1 Å². The zero-order chi connectivity index (χ0) is 21.4. The van der Waals surface area contributed by atoms with Crippen LogP contribution in [0.3, 0.4) is 0 Å². The maximum absolute atomic E-state index is 6.49. The molecule has 0 aliphatic carbocycles. The molecule has 0 aliphatic rings. The molecule has 0 saturated heterocycles. The van der Waals surface area contributed by atoms with Crippen molar-refractivity contribution in [2.75, 3.05) is 19.5 Å². The fourth-order valence-electron chi connectivity index (χ4n) is 3.48. The first-order valence-corrected chi connectivity index (χ1v) is 9.92. The van der Waals surface area contributed by atoms with Crippen LogP contribution < -0.4 is 14.8 Å². The summed E-state index contributed by atoms with van der Waals surface area (Å²) in [5.41, 5.74) is 4.18. The van der Waals surface area contributed by atoms with Gasteiger partial charge in [0.05, 0.1) is 35.8 Å². The molecule has 0 radical (unpaired) electrons. The summed E-state index contributed by atoms with van der Waals surface area (Å²) in [4.78, 5) is 16.7. The van der Waals surface area contributed by atoms with Gasteiger partial charge in [-0.05, 0) is 36.4 Å².